The fourth-order valence-corrected chi connectivity index (χ4v) is 4.07. The standard InChI is InChI=1S/C27H35N3O2/c1-27(2,3)18-26(31)29(4)24-14-16-30(20-24)15-5-17-32-25-12-10-23(11-13-25)22-8-6-21(19-28)7-9-22/h6-13,24H,5,14-18,20H2,1-4H3/t24-/m1/s1. The molecule has 0 aliphatic carbocycles. The molecule has 0 radical (unpaired) electrons. The minimum absolute atomic E-state index is 0.0290. The highest BCUT2D eigenvalue weighted by Gasteiger charge is 2.29. The summed E-state index contributed by atoms with van der Waals surface area (Å²) in [5.74, 6) is 1.12. The molecule has 5 heteroatoms. The van der Waals surface area contributed by atoms with E-state index in [1.54, 1.807) is 0 Å². The van der Waals surface area contributed by atoms with Crippen LogP contribution in [0.1, 0.15) is 45.6 Å². The zero-order valence-corrected chi connectivity index (χ0v) is 19.8. The minimum atomic E-state index is 0.0290. The zero-order chi connectivity index (χ0) is 23.1. The molecule has 0 bridgehead atoms. The number of benzene rings is 2. The van der Waals surface area contributed by atoms with Crippen LogP contribution in [-0.4, -0.2) is 55.0 Å². The number of ether oxygens (including phenoxy) is 1. The molecule has 1 aliphatic heterocycles. The third-order valence-corrected chi connectivity index (χ3v) is 5.96. The fourth-order valence-electron chi connectivity index (χ4n) is 4.07. The largest absolute Gasteiger partial charge is 0.494 e. The van der Waals surface area contributed by atoms with Crippen molar-refractivity contribution in [1.82, 2.24) is 9.80 Å². The molecular formula is C27H35N3O2. The number of likely N-dealkylation sites (tertiary alicyclic amines) is 1. The molecule has 0 saturated carbocycles. The summed E-state index contributed by atoms with van der Waals surface area (Å²) < 4.78 is 5.93. The molecule has 1 atom stereocenters. The maximum Gasteiger partial charge on any atom is 0.223 e. The monoisotopic (exact) mass is 433 g/mol. The first-order valence-electron chi connectivity index (χ1n) is 11.5. The summed E-state index contributed by atoms with van der Waals surface area (Å²) >= 11 is 0. The number of nitrogens with zero attached hydrogens (tertiary/aromatic N) is 3. The Morgan fingerprint density at radius 1 is 1.12 bits per heavy atom. The lowest BCUT2D eigenvalue weighted by molar-refractivity contribution is -0.133. The summed E-state index contributed by atoms with van der Waals surface area (Å²) in [5, 5.41) is 8.92. The Kier molecular flexibility index (Phi) is 7.93. The first-order valence-corrected chi connectivity index (χ1v) is 11.5. The molecule has 0 spiro atoms. The molecule has 2 aromatic carbocycles. The molecule has 0 unspecified atom stereocenters. The van der Waals surface area contributed by atoms with Crippen molar-refractivity contribution in [1.29, 1.82) is 5.26 Å². The van der Waals surface area contributed by atoms with Crippen molar-refractivity contribution < 1.29 is 9.53 Å². The Bertz CT molecular complexity index is 923. The van der Waals surface area contributed by atoms with Gasteiger partial charge in [-0.15, -0.1) is 0 Å². The molecule has 32 heavy (non-hydrogen) atoms. The van der Waals surface area contributed by atoms with E-state index in [0.29, 0.717) is 24.6 Å². The van der Waals surface area contributed by atoms with Gasteiger partial charge < -0.3 is 14.5 Å². The zero-order valence-electron chi connectivity index (χ0n) is 19.8. The lowest BCUT2D eigenvalue weighted by Gasteiger charge is -2.28. The maximum absolute atomic E-state index is 12.5. The summed E-state index contributed by atoms with van der Waals surface area (Å²) in [5.41, 5.74) is 2.89. The van der Waals surface area contributed by atoms with Gasteiger partial charge in [-0.05, 0) is 53.6 Å². The fraction of sp³-hybridized carbons (Fsp3) is 0.481. The van der Waals surface area contributed by atoms with Crippen LogP contribution in [0.15, 0.2) is 48.5 Å². The van der Waals surface area contributed by atoms with Crippen molar-refractivity contribution >= 4 is 5.91 Å². The molecule has 1 fully saturated rings. The highest BCUT2D eigenvalue weighted by Crippen LogP contribution is 2.24. The topological polar surface area (TPSA) is 56.6 Å². The third-order valence-electron chi connectivity index (χ3n) is 5.96. The van der Waals surface area contributed by atoms with E-state index in [2.05, 4.69) is 31.7 Å². The van der Waals surface area contributed by atoms with Crippen molar-refractivity contribution in [3.8, 4) is 22.9 Å². The van der Waals surface area contributed by atoms with Gasteiger partial charge in [0.25, 0.3) is 0 Å². The Morgan fingerprint density at radius 2 is 1.75 bits per heavy atom. The summed E-state index contributed by atoms with van der Waals surface area (Å²) in [6.45, 7) is 9.99. The summed E-state index contributed by atoms with van der Waals surface area (Å²) in [7, 11) is 1.95. The number of carbonyl (C=O) groups is 1. The second-order valence-corrected chi connectivity index (χ2v) is 9.90. The number of hydrogen-bond acceptors (Lipinski definition) is 4. The van der Waals surface area contributed by atoms with Crippen LogP contribution in [0.25, 0.3) is 11.1 Å². The summed E-state index contributed by atoms with van der Waals surface area (Å²) in [4.78, 5) is 16.9. The second-order valence-electron chi connectivity index (χ2n) is 9.90. The van der Waals surface area contributed by atoms with Crippen LogP contribution >= 0.6 is 0 Å². The molecule has 170 valence electrons. The lowest BCUT2D eigenvalue weighted by Crippen LogP contribution is -2.40. The van der Waals surface area contributed by atoms with Gasteiger partial charge >= 0.3 is 0 Å². The summed E-state index contributed by atoms with van der Waals surface area (Å²) in [6, 6.07) is 18.1. The van der Waals surface area contributed by atoms with Gasteiger partial charge in [-0.25, -0.2) is 0 Å². The molecule has 3 rings (SSSR count). The van der Waals surface area contributed by atoms with Gasteiger partial charge in [0.05, 0.1) is 18.2 Å². The third kappa shape index (κ3) is 6.83. The van der Waals surface area contributed by atoms with Gasteiger partial charge in [0, 0.05) is 39.1 Å². The smallest absolute Gasteiger partial charge is 0.223 e. The van der Waals surface area contributed by atoms with Gasteiger partial charge in [-0.2, -0.15) is 5.26 Å². The molecule has 1 heterocycles. The average molecular weight is 434 g/mol. The van der Waals surface area contributed by atoms with E-state index in [1.165, 1.54) is 0 Å². The SMILES string of the molecule is CN(C(=O)CC(C)(C)C)[C@@H]1CCN(CCCOc2ccc(-c3ccc(C#N)cc3)cc2)C1. The number of amides is 1. The average Bonchev–Trinajstić information content (AvgIpc) is 3.24. The van der Waals surface area contributed by atoms with Gasteiger partial charge in [-0.1, -0.05) is 45.0 Å². The second kappa shape index (κ2) is 10.7. The first-order chi connectivity index (χ1) is 15.2. The van der Waals surface area contributed by atoms with E-state index in [-0.39, 0.29) is 11.3 Å². The molecule has 5 nitrogen and oxygen atoms in total. The summed E-state index contributed by atoms with van der Waals surface area (Å²) in [6.07, 6.45) is 2.60. The first kappa shape index (κ1) is 23.8. The highest BCUT2D eigenvalue weighted by molar-refractivity contribution is 5.77. The van der Waals surface area contributed by atoms with E-state index < -0.39 is 0 Å². The Balaban J connectivity index is 1.38. The molecule has 0 aromatic heterocycles. The molecule has 0 N–H and O–H groups in total. The van der Waals surface area contributed by atoms with Crippen LogP contribution in [0.4, 0.5) is 0 Å². The lowest BCUT2D eigenvalue weighted by atomic mass is 9.91. The van der Waals surface area contributed by atoms with Crippen molar-refractivity contribution in [2.45, 2.75) is 46.1 Å². The molecule has 1 saturated heterocycles. The van der Waals surface area contributed by atoms with Gasteiger partial charge in [0.2, 0.25) is 5.91 Å². The van der Waals surface area contributed by atoms with Crippen LogP contribution in [0, 0.1) is 16.7 Å². The molecular weight excluding hydrogens is 398 g/mol. The molecule has 1 aliphatic rings. The highest BCUT2D eigenvalue weighted by atomic mass is 16.5. The number of likely N-dealkylation sites (N-methyl/N-ethyl adjacent to an activating group) is 1. The van der Waals surface area contributed by atoms with Crippen LogP contribution in [-0.2, 0) is 4.79 Å². The van der Waals surface area contributed by atoms with Crippen LogP contribution in [0.2, 0.25) is 0 Å². The van der Waals surface area contributed by atoms with Crippen LogP contribution in [0.5, 0.6) is 5.75 Å². The predicted molar refractivity (Wildman–Crippen MR) is 128 cm³/mol. The van der Waals surface area contributed by atoms with E-state index in [9.17, 15) is 4.79 Å². The van der Waals surface area contributed by atoms with E-state index in [0.717, 1.165) is 49.4 Å². The minimum Gasteiger partial charge on any atom is -0.494 e. The van der Waals surface area contributed by atoms with Crippen LogP contribution < -0.4 is 4.74 Å². The van der Waals surface area contributed by atoms with Crippen molar-refractivity contribution in [2.75, 3.05) is 33.3 Å². The Hall–Kier alpha value is -2.84. The van der Waals surface area contributed by atoms with Gasteiger partial charge in [0.1, 0.15) is 5.75 Å². The van der Waals surface area contributed by atoms with Crippen molar-refractivity contribution in [2.24, 2.45) is 5.41 Å². The number of hydrogen-bond donors (Lipinski definition) is 0. The normalized spacial score (nSPS) is 16.5. The number of nitriles is 1. The quantitative estimate of drug-likeness (QED) is 0.552. The van der Waals surface area contributed by atoms with Crippen LogP contribution in [0.3, 0.4) is 0 Å². The maximum atomic E-state index is 12.5. The Labute approximate surface area is 192 Å². The molecule has 1 amide bonds. The number of rotatable bonds is 8. The van der Waals surface area contributed by atoms with E-state index in [4.69, 9.17) is 10.00 Å². The molecule has 2 aromatic rings. The van der Waals surface area contributed by atoms with Gasteiger partial charge in [-0.3, -0.25) is 4.79 Å². The van der Waals surface area contributed by atoms with Crippen molar-refractivity contribution in [3.63, 3.8) is 0 Å². The van der Waals surface area contributed by atoms with E-state index >= 15 is 0 Å². The van der Waals surface area contributed by atoms with Crippen molar-refractivity contribution in [3.05, 3.63) is 54.1 Å². The predicted octanol–water partition coefficient (Wildman–Crippen LogP) is 4.96. The van der Waals surface area contributed by atoms with E-state index in [1.807, 2.05) is 60.5 Å². The number of carbonyl (C=O) groups excluding carboxylic acids is 1. The Morgan fingerprint density at radius 3 is 2.34 bits per heavy atom. The van der Waals surface area contributed by atoms with Gasteiger partial charge in [0.15, 0.2) is 0 Å².